The fourth-order valence-corrected chi connectivity index (χ4v) is 3.24. The highest BCUT2D eigenvalue weighted by molar-refractivity contribution is 5.81. The lowest BCUT2D eigenvalue weighted by Gasteiger charge is -2.28. The van der Waals surface area contributed by atoms with Gasteiger partial charge in [0, 0.05) is 0 Å². The molecule has 1 rings (SSSR count). The largest absolute Gasteiger partial charge is 0.481 e. The molecule has 0 spiro atoms. The van der Waals surface area contributed by atoms with Crippen LogP contribution in [-0.4, -0.2) is 23.1 Å². The summed E-state index contributed by atoms with van der Waals surface area (Å²) < 4.78 is 5.72. The highest BCUT2D eigenvalue weighted by atomic mass is 16.5. The van der Waals surface area contributed by atoms with Crippen LogP contribution in [0.3, 0.4) is 0 Å². The number of hydrogen-bond donors (Lipinski definition) is 1. The van der Waals surface area contributed by atoms with Crippen molar-refractivity contribution < 1.29 is 19.4 Å². The number of ether oxygens (including phenoxy) is 1. The minimum absolute atomic E-state index is 0.107. The van der Waals surface area contributed by atoms with E-state index in [0.29, 0.717) is 12.8 Å². The number of carbonyl (C=O) groups is 2. The van der Waals surface area contributed by atoms with E-state index in [4.69, 9.17) is 4.74 Å². The number of hydrogen-bond acceptors (Lipinski definition) is 3. The van der Waals surface area contributed by atoms with E-state index in [1.165, 1.54) is 32.1 Å². The molecule has 1 N–H and O–H groups in total. The number of carboxylic acid groups (broad SMARTS) is 1. The van der Waals surface area contributed by atoms with Crippen molar-refractivity contribution in [3.63, 3.8) is 0 Å². The van der Waals surface area contributed by atoms with Crippen LogP contribution in [0.1, 0.15) is 78.6 Å². The summed E-state index contributed by atoms with van der Waals surface area (Å²) in [4.78, 5) is 23.8. The van der Waals surface area contributed by atoms with E-state index in [1.807, 2.05) is 12.2 Å². The second-order valence-electron chi connectivity index (χ2n) is 7.27. The third-order valence-electron chi connectivity index (χ3n) is 4.91. The van der Waals surface area contributed by atoms with Gasteiger partial charge in [0.05, 0.1) is 11.8 Å². The maximum Gasteiger partial charge on any atom is 0.310 e. The summed E-state index contributed by atoms with van der Waals surface area (Å²) in [6.45, 7) is 6.33. The average molecular weight is 338 g/mol. The molecule has 0 bridgehead atoms. The van der Waals surface area contributed by atoms with Crippen molar-refractivity contribution in [2.75, 3.05) is 0 Å². The maximum absolute atomic E-state index is 12.5. The van der Waals surface area contributed by atoms with Gasteiger partial charge in [-0.2, -0.15) is 0 Å². The Hall–Kier alpha value is -1.32. The summed E-state index contributed by atoms with van der Waals surface area (Å²) in [5.74, 6) is -2.18. The monoisotopic (exact) mass is 338 g/mol. The zero-order valence-corrected chi connectivity index (χ0v) is 15.5. The minimum Gasteiger partial charge on any atom is -0.481 e. The highest BCUT2D eigenvalue weighted by Gasteiger charge is 2.36. The predicted molar refractivity (Wildman–Crippen MR) is 95.7 cm³/mol. The van der Waals surface area contributed by atoms with Crippen molar-refractivity contribution in [1.29, 1.82) is 0 Å². The summed E-state index contributed by atoms with van der Waals surface area (Å²) in [6, 6.07) is 0. The van der Waals surface area contributed by atoms with Crippen LogP contribution in [0.5, 0.6) is 0 Å². The van der Waals surface area contributed by atoms with Gasteiger partial charge in [0.25, 0.3) is 0 Å². The molecular weight excluding hydrogens is 304 g/mol. The lowest BCUT2D eigenvalue weighted by Crippen LogP contribution is -2.35. The standard InChI is InChI=1S/C20H34O4/c1-4-5-6-7-8-9-14-18(15(2)3)24-20(23)17-13-11-10-12-16(17)19(21)22/h10-11,15-18H,4-9,12-14H2,1-3H3,(H,21,22). The molecule has 0 aromatic carbocycles. The van der Waals surface area contributed by atoms with Gasteiger partial charge in [-0.05, 0) is 31.6 Å². The number of aliphatic carboxylic acids is 1. The first-order valence-electron chi connectivity index (χ1n) is 9.55. The highest BCUT2D eigenvalue weighted by Crippen LogP contribution is 2.28. The van der Waals surface area contributed by atoms with Crippen LogP contribution in [0.2, 0.25) is 0 Å². The minimum atomic E-state index is -0.904. The van der Waals surface area contributed by atoms with Gasteiger partial charge in [-0.3, -0.25) is 9.59 Å². The van der Waals surface area contributed by atoms with Gasteiger partial charge < -0.3 is 9.84 Å². The van der Waals surface area contributed by atoms with Gasteiger partial charge in [0.2, 0.25) is 0 Å². The Balaban J connectivity index is 2.47. The van der Waals surface area contributed by atoms with Gasteiger partial charge in [-0.25, -0.2) is 0 Å². The smallest absolute Gasteiger partial charge is 0.310 e. The molecule has 0 heterocycles. The molecule has 138 valence electrons. The molecule has 1 aliphatic rings. The van der Waals surface area contributed by atoms with Crippen LogP contribution in [0.15, 0.2) is 12.2 Å². The molecule has 4 heteroatoms. The molecule has 1 aliphatic carbocycles. The van der Waals surface area contributed by atoms with E-state index < -0.39 is 17.8 Å². The van der Waals surface area contributed by atoms with E-state index in [9.17, 15) is 14.7 Å². The molecule has 3 atom stereocenters. The Morgan fingerprint density at radius 2 is 1.62 bits per heavy atom. The van der Waals surface area contributed by atoms with Crippen molar-refractivity contribution >= 4 is 11.9 Å². The Morgan fingerprint density at radius 1 is 1.04 bits per heavy atom. The Bertz CT molecular complexity index is 414. The van der Waals surface area contributed by atoms with Crippen LogP contribution in [0, 0.1) is 17.8 Å². The van der Waals surface area contributed by atoms with Gasteiger partial charge in [-0.15, -0.1) is 0 Å². The molecule has 0 radical (unpaired) electrons. The molecule has 24 heavy (non-hydrogen) atoms. The molecule has 0 aromatic heterocycles. The third kappa shape index (κ3) is 7.06. The lowest BCUT2D eigenvalue weighted by atomic mass is 9.83. The van der Waals surface area contributed by atoms with Crippen molar-refractivity contribution in [3.8, 4) is 0 Å². The van der Waals surface area contributed by atoms with Crippen molar-refractivity contribution in [2.24, 2.45) is 17.8 Å². The fourth-order valence-electron chi connectivity index (χ4n) is 3.24. The lowest BCUT2D eigenvalue weighted by molar-refractivity contribution is -0.164. The predicted octanol–water partition coefficient (Wildman–Crippen LogP) is 4.97. The summed E-state index contributed by atoms with van der Waals surface area (Å²) in [5.41, 5.74) is 0. The molecule has 0 amide bonds. The van der Waals surface area contributed by atoms with Gasteiger partial charge in [0.1, 0.15) is 6.10 Å². The summed E-state index contributed by atoms with van der Waals surface area (Å²) in [6.07, 6.45) is 12.7. The molecule has 0 saturated carbocycles. The molecule has 0 fully saturated rings. The molecular formula is C20H34O4. The van der Waals surface area contributed by atoms with Crippen LogP contribution in [0.25, 0.3) is 0 Å². The van der Waals surface area contributed by atoms with Crippen LogP contribution < -0.4 is 0 Å². The molecule has 0 aliphatic heterocycles. The number of carbonyl (C=O) groups excluding carboxylic acids is 1. The van der Waals surface area contributed by atoms with Gasteiger partial charge in [-0.1, -0.05) is 65.0 Å². The zero-order chi connectivity index (χ0) is 17.9. The first kappa shape index (κ1) is 20.7. The fraction of sp³-hybridized carbons (Fsp3) is 0.800. The van der Waals surface area contributed by atoms with E-state index in [0.717, 1.165) is 12.8 Å². The molecule has 4 nitrogen and oxygen atoms in total. The van der Waals surface area contributed by atoms with Crippen molar-refractivity contribution in [1.82, 2.24) is 0 Å². The SMILES string of the molecule is CCCCCCCCC(OC(=O)C1CC=CCC1C(=O)O)C(C)C. The zero-order valence-electron chi connectivity index (χ0n) is 15.5. The van der Waals surface area contributed by atoms with Crippen LogP contribution in [-0.2, 0) is 14.3 Å². The normalized spacial score (nSPS) is 21.7. The van der Waals surface area contributed by atoms with E-state index in [1.54, 1.807) is 0 Å². The van der Waals surface area contributed by atoms with E-state index >= 15 is 0 Å². The second kappa shape index (κ2) is 11.3. The van der Waals surface area contributed by atoms with Gasteiger partial charge >= 0.3 is 11.9 Å². The summed E-state index contributed by atoms with van der Waals surface area (Å²) in [7, 11) is 0. The maximum atomic E-state index is 12.5. The number of rotatable bonds is 11. The first-order valence-corrected chi connectivity index (χ1v) is 9.55. The molecule has 0 saturated heterocycles. The topological polar surface area (TPSA) is 63.6 Å². The summed E-state index contributed by atoms with van der Waals surface area (Å²) >= 11 is 0. The average Bonchev–Trinajstić information content (AvgIpc) is 2.56. The number of carboxylic acids is 1. The van der Waals surface area contributed by atoms with Crippen molar-refractivity contribution in [3.05, 3.63) is 12.2 Å². The number of esters is 1. The van der Waals surface area contributed by atoms with E-state index in [2.05, 4.69) is 20.8 Å². The van der Waals surface area contributed by atoms with Crippen LogP contribution >= 0.6 is 0 Å². The quantitative estimate of drug-likeness (QED) is 0.328. The second-order valence-corrected chi connectivity index (χ2v) is 7.27. The van der Waals surface area contributed by atoms with E-state index in [-0.39, 0.29) is 18.0 Å². The Kier molecular flexibility index (Phi) is 9.73. The Morgan fingerprint density at radius 3 is 2.21 bits per heavy atom. The van der Waals surface area contributed by atoms with Gasteiger partial charge in [0.15, 0.2) is 0 Å². The molecule has 3 unspecified atom stereocenters. The Labute approximate surface area is 146 Å². The summed E-state index contributed by atoms with van der Waals surface area (Å²) in [5, 5.41) is 9.30. The number of unbranched alkanes of at least 4 members (excludes halogenated alkanes) is 5. The third-order valence-corrected chi connectivity index (χ3v) is 4.91. The van der Waals surface area contributed by atoms with Crippen molar-refractivity contribution in [2.45, 2.75) is 84.7 Å². The first-order chi connectivity index (χ1) is 11.5. The van der Waals surface area contributed by atoms with Crippen LogP contribution in [0.4, 0.5) is 0 Å². The number of allylic oxidation sites excluding steroid dienone is 2. The molecule has 0 aromatic rings.